The van der Waals surface area contributed by atoms with Gasteiger partial charge in [0.1, 0.15) is 11.5 Å². The smallest absolute Gasteiger partial charge is 0.258 e. The Morgan fingerprint density at radius 2 is 1.87 bits per heavy atom. The molecule has 122 valence electrons. The van der Waals surface area contributed by atoms with Gasteiger partial charge in [0.2, 0.25) is 0 Å². The van der Waals surface area contributed by atoms with E-state index in [1.165, 1.54) is 0 Å². The number of halogens is 1. The van der Waals surface area contributed by atoms with Crippen LogP contribution in [0, 0.1) is 0 Å². The lowest BCUT2D eigenvalue weighted by molar-refractivity contribution is -0.123. The van der Waals surface area contributed by atoms with Crippen LogP contribution >= 0.6 is 11.6 Å². The molecule has 2 rings (SSSR count). The molecule has 0 spiro atoms. The molecule has 0 aliphatic rings. The number of hydrogen-bond donors (Lipinski definition) is 1. The first-order chi connectivity index (χ1) is 11.0. The lowest BCUT2D eigenvalue weighted by Crippen LogP contribution is -2.34. The quantitative estimate of drug-likeness (QED) is 0.871. The van der Waals surface area contributed by atoms with Crippen molar-refractivity contribution in [2.75, 3.05) is 13.7 Å². The zero-order chi connectivity index (χ0) is 16.8. The fourth-order valence-corrected chi connectivity index (χ4v) is 2.35. The van der Waals surface area contributed by atoms with Crippen molar-refractivity contribution in [3.63, 3.8) is 0 Å². The summed E-state index contributed by atoms with van der Waals surface area (Å²) in [6.45, 7) is 3.76. The molecule has 0 heterocycles. The minimum absolute atomic E-state index is 0.0456. The van der Waals surface area contributed by atoms with Crippen LogP contribution in [0.25, 0.3) is 11.1 Å². The van der Waals surface area contributed by atoms with E-state index in [0.29, 0.717) is 10.8 Å². The van der Waals surface area contributed by atoms with E-state index in [1.807, 2.05) is 50.2 Å². The summed E-state index contributed by atoms with van der Waals surface area (Å²) < 4.78 is 10.8. The average molecular weight is 334 g/mol. The lowest BCUT2D eigenvalue weighted by atomic mass is 10.1. The number of rotatable bonds is 6. The summed E-state index contributed by atoms with van der Waals surface area (Å²) in [5, 5.41) is 3.32. The third-order valence-corrected chi connectivity index (χ3v) is 3.31. The Hall–Kier alpha value is -2.20. The molecule has 1 N–H and O–H groups in total. The average Bonchev–Trinajstić information content (AvgIpc) is 2.52. The summed E-state index contributed by atoms with van der Waals surface area (Å²) in [5.41, 5.74) is 1.86. The molecule has 0 bridgehead atoms. The second-order valence-electron chi connectivity index (χ2n) is 5.42. The van der Waals surface area contributed by atoms with Gasteiger partial charge in [0, 0.05) is 11.1 Å². The highest BCUT2D eigenvalue weighted by atomic mass is 35.5. The molecule has 5 heteroatoms. The third-order valence-electron chi connectivity index (χ3n) is 3.09. The van der Waals surface area contributed by atoms with Crippen molar-refractivity contribution in [2.45, 2.75) is 19.9 Å². The van der Waals surface area contributed by atoms with Gasteiger partial charge in [-0.25, -0.2) is 0 Å². The van der Waals surface area contributed by atoms with Crippen LogP contribution < -0.4 is 14.8 Å². The lowest BCUT2D eigenvalue weighted by Gasteiger charge is -2.11. The summed E-state index contributed by atoms with van der Waals surface area (Å²) >= 11 is 6.16. The normalized spacial score (nSPS) is 10.5. The second kappa shape index (κ2) is 7.88. The number of carbonyl (C=O) groups is 1. The zero-order valence-corrected chi connectivity index (χ0v) is 14.2. The van der Waals surface area contributed by atoms with Crippen LogP contribution in [0.1, 0.15) is 13.8 Å². The standard InChI is InChI=1S/C18H20ClNO3/c1-12(2)20-18(21)11-23-17-9-14(7-15(19)10-17)13-5-4-6-16(8-13)22-3/h4-10,12H,11H2,1-3H3,(H,20,21). The predicted octanol–water partition coefficient (Wildman–Crippen LogP) is 3.92. The first-order valence-corrected chi connectivity index (χ1v) is 7.73. The van der Waals surface area contributed by atoms with Gasteiger partial charge in [-0.3, -0.25) is 4.79 Å². The maximum Gasteiger partial charge on any atom is 0.258 e. The molecular formula is C18H20ClNO3. The molecule has 0 unspecified atom stereocenters. The van der Waals surface area contributed by atoms with Crippen molar-refractivity contribution in [1.82, 2.24) is 5.32 Å². The third kappa shape index (κ3) is 5.18. The van der Waals surface area contributed by atoms with E-state index < -0.39 is 0 Å². The van der Waals surface area contributed by atoms with Gasteiger partial charge in [-0.15, -0.1) is 0 Å². The fourth-order valence-electron chi connectivity index (χ4n) is 2.13. The number of nitrogens with one attached hydrogen (secondary N) is 1. The molecule has 0 aliphatic heterocycles. The number of methoxy groups -OCH3 is 1. The zero-order valence-electron chi connectivity index (χ0n) is 13.4. The van der Waals surface area contributed by atoms with Gasteiger partial charge in [0.25, 0.3) is 5.91 Å². The van der Waals surface area contributed by atoms with Crippen LogP contribution in [-0.2, 0) is 4.79 Å². The first kappa shape index (κ1) is 17.2. The van der Waals surface area contributed by atoms with E-state index in [9.17, 15) is 4.79 Å². The molecular weight excluding hydrogens is 314 g/mol. The summed E-state index contributed by atoms with van der Waals surface area (Å²) in [6.07, 6.45) is 0. The molecule has 0 aliphatic carbocycles. The summed E-state index contributed by atoms with van der Waals surface area (Å²) in [6, 6.07) is 13.1. The van der Waals surface area contributed by atoms with Gasteiger partial charge in [0.15, 0.2) is 6.61 Å². The number of benzene rings is 2. The fraction of sp³-hybridized carbons (Fsp3) is 0.278. The Bertz CT molecular complexity index is 686. The van der Waals surface area contributed by atoms with Gasteiger partial charge in [-0.05, 0) is 55.3 Å². The van der Waals surface area contributed by atoms with Gasteiger partial charge < -0.3 is 14.8 Å². The number of hydrogen-bond acceptors (Lipinski definition) is 3. The molecule has 1 amide bonds. The Morgan fingerprint density at radius 3 is 2.57 bits per heavy atom. The SMILES string of the molecule is COc1cccc(-c2cc(Cl)cc(OCC(=O)NC(C)C)c2)c1. The minimum Gasteiger partial charge on any atom is -0.497 e. The van der Waals surface area contributed by atoms with E-state index in [0.717, 1.165) is 16.9 Å². The second-order valence-corrected chi connectivity index (χ2v) is 5.85. The Labute approximate surface area is 141 Å². The monoisotopic (exact) mass is 333 g/mol. The van der Waals surface area contributed by atoms with Gasteiger partial charge >= 0.3 is 0 Å². The molecule has 0 aromatic heterocycles. The number of carbonyl (C=O) groups excluding carboxylic acids is 1. The summed E-state index contributed by atoms with van der Waals surface area (Å²) in [4.78, 5) is 11.7. The highest BCUT2D eigenvalue weighted by Gasteiger charge is 2.08. The van der Waals surface area contributed by atoms with Crippen molar-refractivity contribution in [3.8, 4) is 22.6 Å². The highest BCUT2D eigenvalue weighted by molar-refractivity contribution is 6.31. The summed E-state index contributed by atoms with van der Waals surface area (Å²) in [5.74, 6) is 1.15. The van der Waals surface area contributed by atoms with E-state index >= 15 is 0 Å². The maximum absolute atomic E-state index is 11.7. The molecule has 23 heavy (non-hydrogen) atoms. The van der Waals surface area contributed by atoms with E-state index in [1.54, 1.807) is 13.2 Å². The van der Waals surface area contributed by atoms with Gasteiger partial charge in [0.05, 0.1) is 7.11 Å². The molecule has 0 fully saturated rings. The van der Waals surface area contributed by atoms with Crippen LogP contribution in [-0.4, -0.2) is 25.7 Å². The predicted molar refractivity (Wildman–Crippen MR) is 92.2 cm³/mol. The molecule has 0 saturated heterocycles. The Kier molecular flexibility index (Phi) is 5.88. The molecule has 2 aromatic carbocycles. The van der Waals surface area contributed by atoms with Crippen molar-refractivity contribution in [1.29, 1.82) is 0 Å². The molecule has 0 radical (unpaired) electrons. The Balaban J connectivity index is 2.17. The topological polar surface area (TPSA) is 47.6 Å². The van der Waals surface area contributed by atoms with Crippen LogP contribution in [0.2, 0.25) is 5.02 Å². The largest absolute Gasteiger partial charge is 0.497 e. The van der Waals surface area contributed by atoms with Gasteiger partial charge in [-0.1, -0.05) is 23.7 Å². The molecule has 0 atom stereocenters. The molecule has 0 saturated carbocycles. The van der Waals surface area contributed by atoms with Crippen molar-refractivity contribution in [3.05, 3.63) is 47.5 Å². The minimum atomic E-state index is -0.164. The van der Waals surface area contributed by atoms with Crippen LogP contribution in [0.15, 0.2) is 42.5 Å². The first-order valence-electron chi connectivity index (χ1n) is 7.35. The van der Waals surface area contributed by atoms with E-state index in [4.69, 9.17) is 21.1 Å². The van der Waals surface area contributed by atoms with E-state index in [-0.39, 0.29) is 18.6 Å². The van der Waals surface area contributed by atoms with Crippen LogP contribution in [0.4, 0.5) is 0 Å². The van der Waals surface area contributed by atoms with Crippen LogP contribution in [0.5, 0.6) is 11.5 Å². The molecule has 4 nitrogen and oxygen atoms in total. The highest BCUT2D eigenvalue weighted by Crippen LogP contribution is 2.30. The van der Waals surface area contributed by atoms with Crippen LogP contribution in [0.3, 0.4) is 0 Å². The molecule has 2 aromatic rings. The number of ether oxygens (including phenoxy) is 2. The van der Waals surface area contributed by atoms with E-state index in [2.05, 4.69) is 5.32 Å². The Morgan fingerprint density at radius 1 is 1.13 bits per heavy atom. The van der Waals surface area contributed by atoms with Crippen molar-refractivity contribution >= 4 is 17.5 Å². The summed E-state index contributed by atoms with van der Waals surface area (Å²) in [7, 11) is 1.62. The van der Waals surface area contributed by atoms with Crippen molar-refractivity contribution in [2.24, 2.45) is 0 Å². The van der Waals surface area contributed by atoms with Gasteiger partial charge in [-0.2, -0.15) is 0 Å². The maximum atomic E-state index is 11.7. The number of amides is 1. The van der Waals surface area contributed by atoms with Crippen molar-refractivity contribution < 1.29 is 14.3 Å².